The van der Waals surface area contributed by atoms with Gasteiger partial charge < -0.3 is 28.9 Å². The summed E-state index contributed by atoms with van der Waals surface area (Å²) in [6.45, 7) is 9.00. The fraction of sp³-hybridized carbons (Fsp3) is 0.163. The normalized spacial score (nSPS) is 11.1. The number of nitrogens with one attached hydrogen (secondary N) is 2. The van der Waals surface area contributed by atoms with Gasteiger partial charge in [0, 0.05) is 40.4 Å². The monoisotopic (exact) mass is 873 g/mol. The Hall–Kier alpha value is -7.05. The second-order valence-electron chi connectivity index (χ2n) is 14.7. The summed E-state index contributed by atoms with van der Waals surface area (Å²) in [5.41, 5.74) is 8.87. The van der Waals surface area contributed by atoms with Crippen LogP contribution in [-0.4, -0.2) is 47.1 Å². The number of nitrogens with zero attached hydrogens (tertiary/aromatic N) is 5. The van der Waals surface area contributed by atoms with Gasteiger partial charge >= 0.3 is 0 Å². The molecular formula is C49H44BrN7O4. The molecule has 4 aromatic carbocycles. The fourth-order valence-corrected chi connectivity index (χ4v) is 6.82. The molecule has 61 heavy (non-hydrogen) atoms. The number of H-pyrrole nitrogens is 2. The Kier molecular flexibility index (Phi) is 12.6. The van der Waals surface area contributed by atoms with E-state index in [0.717, 1.165) is 71.9 Å². The number of aromatic nitrogens is 7. The Bertz CT molecular complexity index is 2850. The number of hydrogen-bond donors (Lipinski definition) is 2. The second kappa shape index (κ2) is 18.9. The smallest absolute Gasteiger partial charge is 0.178 e. The van der Waals surface area contributed by atoms with Crippen molar-refractivity contribution in [3.05, 3.63) is 162 Å². The zero-order chi connectivity index (χ0) is 42.1. The first-order valence-corrected chi connectivity index (χ1v) is 20.8. The Balaban J connectivity index is 0.000000171. The molecular weight excluding hydrogens is 830 g/mol. The quantitative estimate of drug-likeness (QED) is 0.116. The molecule has 0 bridgehead atoms. The highest BCUT2D eigenvalue weighted by Gasteiger charge is 2.17. The Morgan fingerprint density at radius 1 is 0.541 bits per heavy atom. The van der Waals surface area contributed by atoms with E-state index in [1.807, 2.05) is 161 Å². The molecule has 0 aliphatic rings. The summed E-state index contributed by atoms with van der Waals surface area (Å²) >= 11 is 3.44. The van der Waals surface area contributed by atoms with Crippen molar-refractivity contribution in [2.24, 2.45) is 0 Å². The van der Waals surface area contributed by atoms with E-state index in [1.54, 1.807) is 12.4 Å². The van der Waals surface area contributed by atoms with Gasteiger partial charge in [-0.15, -0.1) is 0 Å². The number of benzene rings is 4. The van der Waals surface area contributed by atoms with E-state index in [-0.39, 0.29) is 12.2 Å². The molecule has 0 unspecified atom stereocenters. The number of ether oxygens (including phenoxy) is 4. The zero-order valence-corrected chi connectivity index (χ0v) is 35.8. The predicted molar refractivity (Wildman–Crippen MR) is 243 cm³/mol. The van der Waals surface area contributed by atoms with Crippen molar-refractivity contribution in [2.45, 2.75) is 53.1 Å². The molecule has 0 saturated heterocycles. The minimum atomic E-state index is 0.0273. The zero-order valence-electron chi connectivity index (χ0n) is 34.2. The average Bonchev–Trinajstić information content (AvgIpc) is 3.90. The summed E-state index contributed by atoms with van der Waals surface area (Å²) in [5, 5.41) is 0. The van der Waals surface area contributed by atoms with E-state index >= 15 is 0 Å². The molecule has 0 radical (unpaired) electrons. The van der Waals surface area contributed by atoms with Crippen molar-refractivity contribution in [3.8, 4) is 56.9 Å². The molecule has 0 saturated carbocycles. The van der Waals surface area contributed by atoms with Gasteiger partial charge in [0.1, 0.15) is 47.9 Å². The van der Waals surface area contributed by atoms with E-state index in [9.17, 15) is 0 Å². The summed E-state index contributed by atoms with van der Waals surface area (Å²) < 4.78 is 25.0. The number of imidazole rings is 2. The number of pyridine rings is 3. The van der Waals surface area contributed by atoms with E-state index < -0.39 is 0 Å². The van der Waals surface area contributed by atoms with Crippen molar-refractivity contribution >= 4 is 38.3 Å². The summed E-state index contributed by atoms with van der Waals surface area (Å²) in [6.07, 6.45) is 7.20. The molecule has 0 atom stereocenters. The van der Waals surface area contributed by atoms with E-state index in [4.69, 9.17) is 23.9 Å². The lowest BCUT2D eigenvalue weighted by Crippen LogP contribution is -2.07. The molecule has 9 aromatic rings. The minimum Gasteiger partial charge on any atom is -0.490 e. The van der Waals surface area contributed by atoms with Gasteiger partial charge in [0.25, 0.3) is 0 Å². The van der Waals surface area contributed by atoms with Crippen LogP contribution in [0.5, 0.6) is 23.0 Å². The molecule has 0 aliphatic carbocycles. The van der Waals surface area contributed by atoms with Gasteiger partial charge in [0.2, 0.25) is 0 Å². The van der Waals surface area contributed by atoms with Crippen molar-refractivity contribution in [2.75, 3.05) is 0 Å². The molecule has 0 aliphatic heterocycles. The third-order valence-electron chi connectivity index (χ3n) is 9.27. The van der Waals surface area contributed by atoms with Crippen LogP contribution in [0.25, 0.3) is 56.2 Å². The van der Waals surface area contributed by atoms with Crippen LogP contribution in [0.15, 0.2) is 151 Å². The lowest BCUT2D eigenvalue weighted by Gasteiger charge is -2.15. The number of hydrogen-bond acceptors (Lipinski definition) is 9. The van der Waals surface area contributed by atoms with Crippen molar-refractivity contribution in [1.82, 2.24) is 34.9 Å². The molecule has 12 heteroatoms. The van der Waals surface area contributed by atoms with Crippen LogP contribution in [0.2, 0.25) is 0 Å². The topological polar surface area (TPSA) is 133 Å². The molecule has 0 spiro atoms. The average molecular weight is 875 g/mol. The van der Waals surface area contributed by atoms with Gasteiger partial charge in [-0.2, -0.15) is 0 Å². The largest absolute Gasteiger partial charge is 0.490 e. The summed E-state index contributed by atoms with van der Waals surface area (Å²) in [6, 6.07) is 39.7. The number of fused-ring (bicyclic) bond motifs is 2. The molecule has 9 rings (SSSR count). The minimum absolute atomic E-state index is 0.0273. The predicted octanol–water partition coefficient (Wildman–Crippen LogP) is 11.8. The van der Waals surface area contributed by atoms with Crippen LogP contribution >= 0.6 is 15.9 Å². The maximum atomic E-state index is 6.06. The standard InChI is InChI=1S/C27H24N4O2.C22H20BrN3O2/c1-18(2)33-25-11-10-22(32-17-19-7-4-3-5-8-19)14-23(25)26-30-24-13-21(16-29-27(24)31-26)20-9-6-12-28-15-20;1-14(2)28-20-9-8-17(27-13-15-6-4-3-5-7-15)11-18(20)21-25-19-10-16(23)12-24-22(19)26-21/h3-16,18H,17H2,1-2H3,(H,29,30,31);3-12,14H,13H2,1-2H3,(H,24,25,26). The van der Waals surface area contributed by atoms with Crippen LogP contribution in [-0.2, 0) is 13.2 Å². The third-order valence-corrected chi connectivity index (χ3v) is 9.70. The molecule has 2 N–H and O–H groups in total. The van der Waals surface area contributed by atoms with Gasteiger partial charge in [-0.25, -0.2) is 19.9 Å². The van der Waals surface area contributed by atoms with Gasteiger partial charge in [-0.05, 0) is 109 Å². The first-order valence-electron chi connectivity index (χ1n) is 20.0. The molecule has 11 nitrogen and oxygen atoms in total. The number of halogens is 1. The Morgan fingerprint density at radius 3 is 1.57 bits per heavy atom. The second-order valence-corrected chi connectivity index (χ2v) is 15.6. The molecule has 0 amide bonds. The van der Waals surface area contributed by atoms with Crippen LogP contribution in [0, 0.1) is 0 Å². The molecule has 5 aromatic heterocycles. The van der Waals surface area contributed by atoms with E-state index in [0.29, 0.717) is 36.2 Å². The van der Waals surface area contributed by atoms with Crippen molar-refractivity contribution in [1.29, 1.82) is 0 Å². The van der Waals surface area contributed by atoms with Crippen molar-refractivity contribution in [3.63, 3.8) is 0 Å². The van der Waals surface area contributed by atoms with Gasteiger partial charge in [0.05, 0.1) is 34.4 Å². The number of rotatable bonds is 13. The van der Waals surface area contributed by atoms with Gasteiger partial charge in [0.15, 0.2) is 11.3 Å². The van der Waals surface area contributed by atoms with Crippen LogP contribution < -0.4 is 18.9 Å². The highest BCUT2D eigenvalue weighted by molar-refractivity contribution is 9.10. The Morgan fingerprint density at radius 2 is 1.07 bits per heavy atom. The van der Waals surface area contributed by atoms with Crippen LogP contribution in [0.3, 0.4) is 0 Å². The van der Waals surface area contributed by atoms with E-state index in [2.05, 4.69) is 45.8 Å². The third kappa shape index (κ3) is 10.4. The molecule has 0 fully saturated rings. The maximum Gasteiger partial charge on any atom is 0.178 e. The summed E-state index contributed by atoms with van der Waals surface area (Å²) in [5.74, 6) is 4.37. The lowest BCUT2D eigenvalue weighted by molar-refractivity contribution is 0.242. The SMILES string of the molecule is CC(C)Oc1ccc(OCc2ccccc2)cc1-c1nc2ncc(-c3cccnc3)cc2[nH]1.CC(C)Oc1ccc(OCc2ccccc2)cc1-c1nc2ncc(Br)cc2[nH]1. The van der Waals surface area contributed by atoms with Gasteiger partial charge in [-0.1, -0.05) is 66.7 Å². The van der Waals surface area contributed by atoms with Gasteiger partial charge in [-0.3, -0.25) is 4.98 Å². The van der Waals surface area contributed by atoms with Crippen LogP contribution in [0.1, 0.15) is 38.8 Å². The lowest BCUT2D eigenvalue weighted by atomic mass is 10.1. The first kappa shape index (κ1) is 40.7. The first-order chi connectivity index (χ1) is 29.7. The fourth-order valence-electron chi connectivity index (χ4n) is 6.48. The highest BCUT2D eigenvalue weighted by Crippen LogP contribution is 2.36. The molecule has 5 heterocycles. The highest BCUT2D eigenvalue weighted by atomic mass is 79.9. The number of aromatic amines is 2. The summed E-state index contributed by atoms with van der Waals surface area (Å²) in [4.78, 5) is 29.2. The van der Waals surface area contributed by atoms with Crippen LogP contribution in [0.4, 0.5) is 0 Å². The van der Waals surface area contributed by atoms with E-state index in [1.165, 1.54) is 0 Å². The Labute approximate surface area is 362 Å². The maximum absolute atomic E-state index is 6.06. The van der Waals surface area contributed by atoms with Crippen molar-refractivity contribution < 1.29 is 18.9 Å². The summed E-state index contributed by atoms with van der Waals surface area (Å²) in [7, 11) is 0. The molecule has 306 valence electrons.